The minimum Gasteiger partial charge on any atom is -0.501 e. The van der Waals surface area contributed by atoms with E-state index < -0.39 is 5.97 Å². The molecule has 0 aromatic rings. The molecule has 1 aliphatic carbocycles. The molecule has 0 saturated carbocycles. The maximum atomic E-state index is 10.6. The van der Waals surface area contributed by atoms with Gasteiger partial charge in [-0.1, -0.05) is 6.08 Å². The highest BCUT2D eigenvalue weighted by Gasteiger charge is 2.29. The molecule has 1 N–H and O–H groups in total. The molecule has 3 nitrogen and oxygen atoms in total. The van der Waals surface area contributed by atoms with E-state index in [2.05, 4.69) is 4.74 Å². The second-order valence-electron chi connectivity index (χ2n) is 2.04. The molecule has 50 valence electrons. The summed E-state index contributed by atoms with van der Waals surface area (Å²) >= 11 is 0. The van der Waals surface area contributed by atoms with Crippen molar-refractivity contribution in [2.45, 2.75) is 0 Å². The van der Waals surface area contributed by atoms with Gasteiger partial charge in [0.25, 0.3) is 0 Å². The number of esters is 1. The summed E-state index contributed by atoms with van der Waals surface area (Å²) in [6, 6.07) is 0. The lowest BCUT2D eigenvalue weighted by atomic mass is 10.2. The zero-order valence-corrected chi connectivity index (χ0v) is 5.00. The van der Waals surface area contributed by atoms with E-state index in [0.717, 1.165) is 0 Å². The Balaban J connectivity index is 2.59. The van der Waals surface area contributed by atoms with E-state index in [1.54, 1.807) is 18.2 Å². The predicted molar refractivity (Wildman–Crippen MR) is 33.0 cm³/mol. The Morgan fingerprint density at radius 3 is 3.00 bits per heavy atom. The number of hydrogen-bond acceptors (Lipinski definition) is 3. The minimum absolute atomic E-state index is 0.292. The van der Waals surface area contributed by atoms with Crippen LogP contribution >= 0.6 is 0 Å². The molecule has 0 radical (unpaired) electrons. The van der Waals surface area contributed by atoms with Crippen molar-refractivity contribution in [3.8, 4) is 0 Å². The highest BCUT2D eigenvalue weighted by Crippen LogP contribution is 2.28. The van der Waals surface area contributed by atoms with Gasteiger partial charge in [0.2, 0.25) is 5.76 Å². The Bertz CT molecular complexity index is 294. The summed E-state index contributed by atoms with van der Waals surface area (Å²) in [5.74, 6) is -0.506. The molecular formula is C7H4O3. The Labute approximate surface area is 56.9 Å². The first kappa shape index (κ1) is 5.29. The smallest absolute Gasteiger partial charge is 0.379 e. The van der Waals surface area contributed by atoms with Crippen molar-refractivity contribution < 1.29 is 14.6 Å². The van der Waals surface area contributed by atoms with Crippen LogP contribution in [0, 0.1) is 0 Å². The third-order valence-electron chi connectivity index (χ3n) is 1.43. The first-order chi connectivity index (χ1) is 4.79. The molecule has 0 unspecified atom stereocenters. The largest absolute Gasteiger partial charge is 0.501 e. The number of carbonyl (C=O) groups is 1. The second kappa shape index (κ2) is 1.50. The number of ether oxygens (including phenoxy) is 1. The molecule has 0 fully saturated rings. The van der Waals surface area contributed by atoms with Crippen molar-refractivity contribution in [2.75, 3.05) is 0 Å². The SMILES string of the molecule is O=C1OC2=CC=CC2=C1O. The molecule has 0 amide bonds. The van der Waals surface area contributed by atoms with Crippen LogP contribution in [0.4, 0.5) is 0 Å². The predicted octanol–water partition coefficient (Wildman–Crippen LogP) is 0.809. The summed E-state index contributed by atoms with van der Waals surface area (Å²) in [6.07, 6.45) is 4.99. The molecule has 2 aliphatic rings. The van der Waals surface area contributed by atoms with E-state index in [4.69, 9.17) is 5.11 Å². The van der Waals surface area contributed by atoms with E-state index in [-0.39, 0.29) is 5.76 Å². The first-order valence-electron chi connectivity index (χ1n) is 2.83. The Hall–Kier alpha value is -1.51. The quantitative estimate of drug-likeness (QED) is 0.501. The number of allylic oxidation sites excluding steroid dienone is 3. The van der Waals surface area contributed by atoms with Crippen LogP contribution in [0.15, 0.2) is 35.3 Å². The van der Waals surface area contributed by atoms with Crippen LogP contribution in [0.3, 0.4) is 0 Å². The van der Waals surface area contributed by atoms with Crippen LogP contribution in [0.1, 0.15) is 0 Å². The Kier molecular flexibility index (Phi) is 0.795. The number of rotatable bonds is 0. The average molecular weight is 136 g/mol. The van der Waals surface area contributed by atoms with Gasteiger partial charge in [-0.3, -0.25) is 0 Å². The summed E-state index contributed by atoms with van der Waals surface area (Å²) in [5, 5.41) is 8.98. The maximum absolute atomic E-state index is 10.6. The standard InChI is InChI=1S/C7H4O3/c8-6-4-2-1-3-5(4)10-7(6)9/h1-3,8H. The molecule has 0 atom stereocenters. The molecule has 0 bridgehead atoms. The van der Waals surface area contributed by atoms with Gasteiger partial charge in [0.05, 0.1) is 5.57 Å². The van der Waals surface area contributed by atoms with Gasteiger partial charge < -0.3 is 9.84 Å². The zero-order valence-electron chi connectivity index (χ0n) is 5.00. The first-order valence-corrected chi connectivity index (χ1v) is 2.83. The van der Waals surface area contributed by atoms with Gasteiger partial charge in [-0.15, -0.1) is 0 Å². The van der Waals surface area contributed by atoms with E-state index >= 15 is 0 Å². The summed E-state index contributed by atoms with van der Waals surface area (Å²) in [6.45, 7) is 0. The summed E-state index contributed by atoms with van der Waals surface area (Å²) in [4.78, 5) is 10.6. The van der Waals surface area contributed by atoms with Crippen molar-refractivity contribution in [1.29, 1.82) is 0 Å². The van der Waals surface area contributed by atoms with Crippen LogP contribution in [-0.4, -0.2) is 11.1 Å². The highest BCUT2D eigenvalue weighted by molar-refractivity contribution is 5.93. The van der Waals surface area contributed by atoms with Crippen molar-refractivity contribution in [3.05, 3.63) is 35.3 Å². The van der Waals surface area contributed by atoms with Crippen molar-refractivity contribution in [2.24, 2.45) is 0 Å². The fourth-order valence-corrected chi connectivity index (χ4v) is 0.946. The molecule has 0 spiro atoms. The fourth-order valence-electron chi connectivity index (χ4n) is 0.946. The third kappa shape index (κ3) is 0.466. The second-order valence-corrected chi connectivity index (χ2v) is 2.04. The van der Waals surface area contributed by atoms with Crippen LogP contribution in [0.5, 0.6) is 0 Å². The van der Waals surface area contributed by atoms with Gasteiger partial charge >= 0.3 is 5.97 Å². The minimum atomic E-state index is -0.661. The Morgan fingerprint density at radius 1 is 1.50 bits per heavy atom. The van der Waals surface area contributed by atoms with E-state index in [1.165, 1.54) is 0 Å². The van der Waals surface area contributed by atoms with Crippen molar-refractivity contribution in [1.82, 2.24) is 0 Å². The average Bonchev–Trinajstić information content (AvgIpc) is 2.41. The van der Waals surface area contributed by atoms with Crippen LogP contribution in [0.25, 0.3) is 0 Å². The Morgan fingerprint density at radius 2 is 2.30 bits per heavy atom. The molecule has 1 heterocycles. The number of hydrogen-bond donors (Lipinski definition) is 1. The van der Waals surface area contributed by atoms with Crippen LogP contribution in [0.2, 0.25) is 0 Å². The monoisotopic (exact) mass is 136 g/mol. The molecule has 0 aromatic carbocycles. The van der Waals surface area contributed by atoms with Gasteiger partial charge in [0, 0.05) is 0 Å². The summed E-state index contributed by atoms with van der Waals surface area (Å²) < 4.78 is 4.63. The lowest BCUT2D eigenvalue weighted by molar-refractivity contribution is -0.135. The van der Waals surface area contributed by atoms with Crippen LogP contribution in [-0.2, 0) is 9.53 Å². The number of fused-ring (bicyclic) bond motifs is 1. The summed E-state index contributed by atoms with van der Waals surface area (Å²) in [7, 11) is 0. The summed E-state index contributed by atoms with van der Waals surface area (Å²) in [5.41, 5.74) is 0.491. The van der Waals surface area contributed by atoms with E-state index in [0.29, 0.717) is 11.3 Å². The molecular weight excluding hydrogens is 132 g/mol. The van der Waals surface area contributed by atoms with Gasteiger partial charge in [0.1, 0.15) is 5.76 Å². The molecule has 10 heavy (non-hydrogen) atoms. The molecule has 2 rings (SSSR count). The van der Waals surface area contributed by atoms with Gasteiger partial charge in [-0.05, 0) is 12.2 Å². The lowest BCUT2D eigenvalue weighted by Gasteiger charge is -1.89. The van der Waals surface area contributed by atoms with Gasteiger partial charge in [-0.25, -0.2) is 4.79 Å². The number of carbonyl (C=O) groups excluding carboxylic acids is 1. The zero-order chi connectivity index (χ0) is 7.14. The lowest BCUT2D eigenvalue weighted by Crippen LogP contribution is -1.97. The van der Waals surface area contributed by atoms with E-state index in [1.807, 2.05) is 0 Å². The highest BCUT2D eigenvalue weighted by atomic mass is 16.6. The molecule has 0 aromatic heterocycles. The normalized spacial score (nSPS) is 21.2. The molecule has 0 saturated heterocycles. The van der Waals surface area contributed by atoms with Crippen molar-refractivity contribution in [3.63, 3.8) is 0 Å². The fraction of sp³-hybridized carbons (Fsp3) is 0. The molecule has 3 heteroatoms. The third-order valence-corrected chi connectivity index (χ3v) is 1.43. The number of aliphatic hydroxyl groups excluding tert-OH is 1. The maximum Gasteiger partial charge on any atom is 0.379 e. The topological polar surface area (TPSA) is 46.5 Å². The molecule has 1 aliphatic heterocycles. The van der Waals surface area contributed by atoms with Gasteiger partial charge in [-0.2, -0.15) is 0 Å². The van der Waals surface area contributed by atoms with Crippen molar-refractivity contribution >= 4 is 5.97 Å². The number of aliphatic hydroxyl groups is 1. The van der Waals surface area contributed by atoms with Crippen LogP contribution < -0.4 is 0 Å². The van der Waals surface area contributed by atoms with Gasteiger partial charge in [0.15, 0.2) is 0 Å². The van der Waals surface area contributed by atoms with E-state index in [9.17, 15) is 4.79 Å².